The highest BCUT2D eigenvalue weighted by atomic mass is 79.9. The van der Waals surface area contributed by atoms with Gasteiger partial charge in [-0.2, -0.15) is 0 Å². The van der Waals surface area contributed by atoms with Crippen molar-refractivity contribution in [2.45, 2.75) is 39.2 Å². The van der Waals surface area contributed by atoms with Gasteiger partial charge in [0.15, 0.2) is 6.61 Å². The highest BCUT2D eigenvalue weighted by Gasteiger charge is 2.13. The molecule has 0 aliphatic rings. The summed E-state index contributed by atoms with van der Waals surface area (Å²) in [7, 11) is 0. The number of ether oxygens (including phenoxy) is 1. The van der Waals surface area contributed by atoms with Crippen LogP contribution in [0.4, 0.5) is 0 Å². The first-order chi connectivity index (χ1) is 13.2. The fraction of sp³-hybridized carbons (Fsp3) is 0.381. The van der Waals surface area contributed by atoms with E-state index in [1.807, 2.05) is 38.1 Å². The molecule has 2 rings (SSSR count). The Hall–Kier alpha value is -1.57. The van der Waals surface area contributed by atoms with Crippen LogP contribution in [0.5, 0.6) is 11.5 Å². The van der Waals surface area contributed by atoms with Gasteiger partial charge in [-0.15, -0.1) is 0 Å². The van der Waals surface area contributed by atoms with Gasteiger partial charge in [0.1, 0.15) is 11.5 Å². The Balaban J connectivity index is 2.12. The number of aliphatic hydroxyl groups is 1. The van der Waals surface area contributed by atoms with Crippen LogP contribution in [-0.2, 0) is 11.2 Å². The number of halogens is 2. The van der Waals surface area contributed by atoms with E-state index in [-0.39, 0.29) is 31.1 Å². The highest BCUT2D eigenvalue weighted by molar-refractivity contribution is 9.11. The molecule has 1 unspecified atom stereocenters. The van der Waals surface area contributed by atoms with E-state index in [1.165, 1.54) is 0 Å². The number of aliphatic hydroxyl groups excluding tert-OH is 1. The maximum atomic E-state index is 11.8. The molecule has 0 heterocycles. The van der Waals surface area contributed by atoms with Crippen molar-refractivity contribution in [3.63, 3.8) is 0 Å². The molecule has 2 aromatic rings. The molecule has 0 saturated heterocycles. The molecular weight excluding hydrogens is 490 g/mol. The summed E-state index contributed by atoms with van der Waals surface area (Å²) < 4.78 is 7.28. The Morgan fingerprint density at radius 3 is 2.36 bits per heavy atom. The van der Waals surface area contributed by atoms with E-state index in [9.17, 15) is 9.90 Å². The van der Waals surface area contributed by atoms with Crippen LogP contribution in [0.2, 0.25) is 0 Å². The smallest absolute Gasteiger partial charge is 0.258 e. The van der Waals surface area contributed by atoms with Gasteiger partial charge >= 0.3 is 0 Å². The molecule has 3 N–H and O–H groups in total. The van der Waals surface area contributed by atoms with Crippen LogP contribution in [0.25, 0.3) is 0 Å². The van der Waals surface area contributed by atoms with Crippen LogP contribution < -0.4 is 10.1 Å². The maximum absolute atomic E-state index is 11.8. The third-order valence-electron chi connectivity index (χ3n) is 4.26. The zero-order chi connectivity index (χ0) is 20.8. The van der Waals surface area contributed by atoms with Gasteiger partial charge in [0, 0.05) is 15.0 Å². The van der Waals surface area contributed by atoms with Crippen molar-refractivity contribution in [2.24, 2.45) is 0 Å². The molecule has 0 aliphatic heterocycles. The molecule has 5 nitrogen and oxygen atoms in total. The fourth-order valence-corrected chi connectivity index (χ4v) is 4.15. The summed E-state index contributed by atoms with van der Waals surface area (Å²) in [5, 5.41) is 21.6. The van der Waals surface area contributed by atoms with E-state index in [1.54, 1.807) is 13.0 Å². The third kappa shape index (κ3) is 6.22. The van der Waals surface area contributed by atoms with E-state index >= 15 is 0 Å². The van der Waals surface area contributed by atoms with Crippen molar-refractivity contribution in [2.75, 3.05) is 13.2 Å². The summed E-state index contributed by atoms with van der Waals surface area (Å²) in [5.41, 5.74) is 3.06. The van der Waals surface area contributed by atoms with Crippen molar-refractivity contribution < 1.29 is 19.7 Å². The largest absolute Gasteiger partial charge is 0.508 e. The van der Waals surface area contributed by atoms with E-state index in [2.05, 4.69) is 37.2 Å². The van der Waals surface area contributed by atoms with E-state index < -0.39 is 0 Å². The Morgan fingerprint density at radius 1 is 1.14 bits per heavy atom. The second-order valence-electron chi connectivity index (χ2n) is 7.03. The second-order valence-corrected chi connectivity index (χ2v) is 8.74. The number of phenols is 1. The standard InChI is InChI=1S/C21H25Br2NO4/c1-12(2)16-6-14(4-5-20(16)26)7-17-18(22)8-15(9-19(17)23)28-11-21(27)24-13(3)10-25/h4-6,8-9,12-13,25-26H,7,10-11H2,1-3H3,(H,24,27). The molecule has 0 spiro atoms. The number of nitrogens with one attached hydrogen (secondary N) is 1. The van der Waals surface area contributed by atoms with Gasteiger partial charge in [-0.3, -0.25) is 4.79 Å². The molecule has 28 heavy (non-hydrogen) atoms. The minimum absolute atomic E-state index is 0.118. The minimum atomic E-state index is -0.307. The summed E-state index contributed by atoms with van der Waals surface area (Å²) >= 11 is 7.17. The zero-order valence-corrected chi connectivity index (χ0v) is 19.3. The fourth-order valence-electron chi connectivity index (χ4n) is 2.72. The second kappa shape index (κ2) is 10.3. The lowest BCUT2D eigenvalue weighted by Crippen LogP contribution is -2.38. The Morgan fingerprint density at radius 2 is 1.79 bits per heavy atom. The lowest BCUT2D eigenvalue weighted by atomic mass is 9.96. The van der Waals surface area contributed by atoms with E-state index in [0.717, 1.165) is 25.6 Å². The molecule has 0 aliphatic carbocycles. The van der Waals surface area contributed by atoms with Gasteiger partial charge < -0.3 is 20.3 Å². The first-order valence-electron chi connectivity index (χ1n) is 9.04. The van der Waals surface area contributed by atoms with E-state index in [0.29, 0.717) is 17.9 Å². The quantitative estimate of drug-likeness (QED) is 0.484. The molecule has 2 aromatic carbocycles. The Labute approximate surface area is 182 Å². The highest BCUT2D eigenvalue weighted by Crippen LogP contribution is 2.34. The van der Waals surface area contributed by atoms with Crippen LogP contribution in [0.1, 0.15) is 43.4 Å². The summed E-state index contributed by atoms with van der Waals surface area (Å²) in [6.07, 6.45) is 0.677. The number of phenolic OH excluding ortho intramolecular Hbond substituents is 1. The predicted octanol–water partition coefficient (Wildman–Crippen LogP) is 4.51. The van der Waals surface area contributed by atoms with Crippen molar-refractivity contribution in [3.8, 4) is 11.5 Å². The van der Waals surface area contributed by atoms with Crippen LogP contribution >= 0.6 is 31.9 Å². The van der Waals surface area contributed by atoms with Gasteiger partial charge in [-0.25, -0.2) is 0 Å². The lowest BCUT2D eigenvalue weighted by molar-refractivity contribution is -0.124. The summed E-state index contributed by atoms with van der Waals surface area (Å²) in [5.74, 6) is 0.822. The normalized spacial score (nSPS) is 12.1. The van der Waals surface area contributed by atoms with Gasteiger partial charge in [0.25, 0.3) is 5.91 Å². The van der Waals surface area contributed by atoms with Crippen LogP contribution in [0.3, 0.4) is 0 Å². The number of aromatic hydroxyl groups is 1. The molecule has 0 radical (unpaired) electrons. The Kier molecular flexibility index (Phi) is 8.34. The van der Waals surface area contributed by atoms with Crippen LogP contribution in [-0.4, -0.2) is 35.4 Å². The number of amides is 1. The molecular formula is C21H25Br2NO4. The molecule has 0 bridgehead atoms. The summed E-state index contributed by atoms with van der Waals surface area (Å²) in [4.78, 5) is 11.8. The molecule has 1 atom stereocenters. The van der Waals surface area contributed by atoms with Gasteiger partial charge in [0.05, 0.1) is 6.61 Å². The Bertz CT molecular complexity index is 816. The van der Waals surface area contributed by atoms with Crippen LogP contribution in [0, 0.1) is 0 Å². The molecule has 7 heteroatoms. The number of rotatable bonds is 8. The number of benzene rings is 2. The predicted molar refractivity (Wildman–Crippen MR) is 117 cm³/mol. The molecule has 1 amide bonds. The third-order valence-corrected chi connectivity index (χ3v) is 5.68. The van der Waals surface area contributed by atoms with Crippen molar-refractivity contribution in [1.82, 2.24) is 5.32 Å². The minimum Gasteiger partial charge on any atom is -0.508 e. The van der Waals surface area contributed by atoms with Gasteiger partial charge in [-0.05, 0) is 54.2 Å². The molecule has 152 valence electrons. The first-order valence-corrected chi connectivity index (χ1v) is 10.6. The average molecular weight is 515 g/mol. The van der Waals surface area contributed by atoms with Crippen LogP contribution in [0.15, 0.2) is 39.3 Å². The van der Waals surface area contributed by atoms with Crippen molar-refractivity contribution in [1.29, 1.82) is 0 Å². The number of hydrogen-bond acceptors (Lipinski definition) is 4. The molecule has 0 aromatic heterocycles. The molecule has 0 fully saturated rings. The van der Waals surface area contributed by atoms with Crippen molar-refractivity contribution in [3.05, 3.63) is 56.0 Å². The molecule has 0 saturated carbocycles. The topological polar surface area (TPSA) is 78.8 Å². The summed E-state index contributed by atoms with van der Waals surface area (Å²) in [6, 6.07) is 9.01. The summed E-state index contributed by atoms with van der Waals surface area (Å²) in [6.45, 7) is 5.57. The zero-order valence-electron chi connectivity index (χ0n) is 16.1. The number of hydrogen-bond donors (Lipinski definition) is 3. The lowest BCUT2D eigenvalue weighted by Gasteiger charge is -2.15. The number of carbonyl (C=O) groups is 1. The number of carbonyl (C=O) groups excluding carboxylic acids is 1. The first kappa shape index (κ1) is 22.7. The van der Waals surface area contributed by atoms with E-state index in [4.69, 9.17) is 9.84 Å². The SMILES string of the molecule is CC(CO)NC(=O)COc1cc(Br)c(Cc2ccc(O)c(C(C)C)c2)c(Br)c1. The van der Waals surface area contributed by atoms with Crippen molar-refractivity contribution >= 4 is 37.8 Å². The monoisotopic (exact) mass is 513 g/mol. The maximum Gasteiger partial charge on any atom is 0.258 e. The average Bonchev–Trinajstić information content (AvgIpc) is 2.63. The van der Waals surface area contributed by atoms with Gasteiger partial charge in [-0.1, -0.05) is 57.8 Å². The van der Waals surface area contributed by atoms with Gasteiger partial charge in [0.2, 0.25) is 0 Å².